The van der Waals surface area contributed by atoms with Gasteiger partial charge in [0, 0.05) is 12.7 Å². The normalized spacial score (nSPS) is 16.4. The molecule has 7 heteroatoms. The van der Waals surface area contributed by atoms with E-state index in [-0.39, 0.29) is 11.8 Å². The predicted molar refractivity (Wildman–Crippen MR) is 103 cm³/mol. The fourth-order valence-electron chi connectivity index (χ4n) is 3.37. The van der Waals surface area contributed by atoms with Crippen LogP contribution in [0.1, 0.15) is 34.1 Å². The highest BCUT2D eigenvalue weighted by molar-refractivity contribution is 6.01. The first-order valence-corrected chi connectivity index (χ1v) is 9.14. The molecule has 0 saturated heterocycles. The molecule has 0 unspecified atom stereocenters. The number of para-hydroxylation sites is 1. The van der Waals surface area contributed by atoms with E-state index in [1.165, 1.54) is 0 Å². The van der Waals surface area contributed by atoms with Crippen LogP contribution in [-0.2, 0) is 17.6 Å². The summed E-state index contributed by atoms with van der Waals surface area (Å²) >= 11 is 0. The molecule has 3 aromatic rings. The molecule has 0 radical (unpaired) electrons. The molecule has 0 bridgehead atoms. The summed E-state index contributed by atoms with van der Waals surface area (Å²) in [6.07, 6.45) is 1.65. The van der Waals surface area contributed by atoms with Crippen LogP contribution in [0.3, 0.4) is 0 Å². The van der Waals surface area contributed by atoms with Crippen LogP contribution in [-0.4, -0.2) is 35.1 Å². The Morgan fingerprint density at radius 2 is 1.89 bits per heavy atom. The van der Waals surface area contributed by atoms with Crippen molar-refractivity contribution in [2.45, 2.75) is 25.3 Å². The summed E-state index contributed by atoms with van der Waals surface area (Å²) in [5.74, 6) is -0.483. The maximum Gasteiger partial charge on any atom is 0.309 e. The lowest BCUT2D eigenvalue weighted by Crippen LogP contribution is -2.46. The Labute approximate surface area is 162 Å². The third kappa shape index (κ3) is 3.64. The van der Waals surface area contributed by atoms with E-state index in [1.807, 2.05) is 54.6 Å². The Morgan fingerprint density at radius 3 is 2.71 bits per heavy atom. The molecule has 28 heavy (non-hydrogen) atoms. The van der Waals surface area contributed by atoms with Gasteiger partial charge in [0.05, 0.1) is 6.42 Å². The molecule has 0 spiro atoms. The number of amides is 2. The van der Waals surface area contributed by atoms with Gasteiger partial charge in [-0.15, -0.1) is 10.2 Å². The largest absolute Gasteiger partial charge is 0.417 e. The zero-order valence-electron chi connectivity index (χ0n) is 15.5. The number of nitrogens with one attached hydrogen (secondary N) is 1. The van der Waals surface area contributed by atoms with Crippen molar-refractivity contribution in [1.29, 1.82) is 0 Å². The van der Waals surface area contributed by atoms with E-state index in [2.05, 4.69) is 15.5 Å². The number of carbonyl (C=O) groups is 2. The van der Waals surface area contributed by atoms with Gasteiger partial charge in [-0.1, -0.05) is 48.5 Å². The van der Waals surface area contributed by atoms with Gasteiger partial charge in [-0.25, -0.2) is 0 Å². The number of benzene rings is 2. The van der Waals surface area contributed by atoms with E-state index in [1.54, 1.807) is 11.9 Å². The minimum absolute atomic E-state index is 0.136. The molecule has 4 rings (SSSR count). The molecule has 1 aromatic heterocycles. The van der Waals surface area contributed by atoms with Crippen LogP contribution in [0.4, 0.5) is 5.69 Å². The minimum atomic E-state index is -0.644. The Hall–Kier alpha value is -3.48. The first-order chi connectivity index (χ1) is 13.6. The molecule has 142 valence electrons. The van der Waals surface area contributed by atoms with Crippen LogP contribution in [0, 0.1) is 0 Å². The number of aryl methyl sites for hydroxylation is 1. The van der Waals surface area contributed by atoms with Gasteiger partial charge in [0.25, 0.3) is 0 Å². The van der Waals surface area contributed by atoms with Crippen LogP contribution in [0.5, 0.6) is 0 Å². The molecule has 2 aromatic carbocycles. The number of rotatable bonds is 4. The number of fused-ring (bicyclic) bond motifs is 1. The number of aromatic nitrogens is 2. The van der Waals surface area contributed by atoms with Crippen molar-refractivity contribution in [3.63, 3.8) is 0 Å². The average molecular weight is 376 g/mol. The average Bonchev–Trinajstić information content (AvgIpc) is 3.15. The summed E-state index contributed by atoms with van der Waals surface area (Å²) in [5, 5.41) is 10.5. The van der Waals surface area contributed by atoms with Crippen molar-refractivity contribution in [2.24, 2.45) is 0 Å². The lowest BCUT2D eigenvalue weighted by molar-refractivity contribution is -0.120. The Morgan fingerprint density at radius 1 is 1.14 bits per heavy atom. The summed E-state index contributed by atoms with van der Waals surface area (Å²) in [7, 11) is 1.72. The highest BCUT2D eigenvalue weighted by atomic mass is 16.4. The summed E-state index contributed by atoms with van der Waals surface area (Å²) in [4.78, 5) is 26.9. The zero-order valence-corrected chi connectivity index (χ0v) is 15.5. The van der Waals surface area contributed by atoms with E-state index in [4.69, 9.17) is 4.42 Å². The summed E-state index contributed by atoms with van der Waals surface area (Å²) in [5.41, 5.74) is 2.96. The van der Waals surface area contributed by atoms with Crippen LogP contribution in [0.25, 0.3) is 0 Å². The highest BCUT2D eigenvalue weighted by Gasteiger charge is 2.30. The van der Waals surface area contributed by atoms with Crippen molar-refractivity contribution in [3.8, 4) is 0 Å². The molecule has 1 N–H and O–H groups in total. The molecule has 1 aliphatic rings. The van der Waals surface area contributed by atoms with Crippen molar-refractivity contribution in [1.82, 2.24) is 15.5 Å². The predicted octanol–water partition coefficient (Wildman–Crippen LogP) is 2.37. The third-order valence-electron chi connectivity index (χ3n) is 4.85. The smallest absolute Gasteiger partial charge is 0.309 e. The molecule has 2 heterocycles. The SMILES string of the molecule is CN1C(=O)[C@@H](NC(=O)c2nnc(Cc3ccccc3)o2)CCc2ccccc21. The second-order valence-corrected chi connectivity index (χ2v) is 6.75. The molecule has 7 nitrogen and oxygen atoms in total. The van der Waals surface area contributed by atoms with Gasteiger partial charge in [0.15, 0.2) is 0 Å². The molecular weight excluding hydrogens is 356 g/mol. The highest BCUT2D eigenvalue weighted by Crippen LogP contribution is 2.25. The third-order valence-corrected chi connectivity index (χ3v) is 4.85. The summed E-state index contributed by atoms with van der Waals surface area (Å²) in [6.45, 7) is 0. The minimum Gasteiger partial charge on any atom is -0.417 e. The summed E-state index contributed by atoms with van der Waals surface area (Å²) < 4.78 is 5.49. The van der Waals surface area contributed by atoms with Crippen LogP contribution < -0.4 is 10.2 Å². The quantitative estimate of drug-likeness (QED) is 0.755. The van der Waals surface area contributed by atoms with Gasteiger partial charge in [0.2, 0.25) is 11.8 Å². The Balaban J connectivity index is 1.45. The second kappa shape index (κ2) is 7.64. The van der Waals surface area contributed by atoms with Crippen LogP contribution in [0.2, 0.25) is 0 Å². The maximum absolute atomic E-state index is 12.8. The number of carbonyl (C=O) groups excluding carboxylic acids is 2. The Kier molecular flexibility index (Phi) is 4.89. The summed E-state index contributed by atoms with van der Waals surface area (Å²) in [6, 6.07) is 16.8. The van der Waals surface area contributed by atoms with Gasteiger partial charge in [-0.2, -0.15) is 0 Å². The van der Waals surface area contributed by atoms with Gasteiger partial charge in [-0.05, 0) is 30.0 Å². The number of nitrogens with zero attached hydrogens (tertiary/aromatic N) is 3. The van der Waals surface area contributed by atoms with Crippen LogP contribution >= 0.6 is 0 Å². The molecule has 0 aliphatic carbocycles. The fourth-order valence-corrected chi connectivity index (χ4v) is 3.37. The number of hydrogen-bond acceptors (Lipinski definition) is 5. The lowest BCUT2D eigenvalue weighted by Gasteiger charge is -2.21. The maximum atomic E-state index is 12.8. The zero-order chi connectivity index (χ0) is 19.5. The van der Waals surface area contributed by atoms with Crippen molar-refractivity contribution in [2.75, 3.05) is 11.9 Å². The number of likely N-dealkylation sites (N-methyl/N-ethyl adjacent to an activating group) is 1. The molecule has 1 atom stereocenters. The topological polar surface area (TPSA) is 88.3 Å². The van der Waals surface area contributed by atoms with E-state index in [0.29, 0.717) is 25.2 Å². The fraction of sp³-hybridized carbons (Fsp3) is 0.238. The van der Waals surface area contributed by atoms with E-state index in [9.17, 15) is 9.59 Å². The molecule has 0 fully saturated rings. The molecule has 0 saturated carbocycles. The lowest BCUT2D eigenvalue weighted by atomic mass is 10.1. The van der Waals surface area contributed by atoms with Gasteiger partial charge in [0.1, 0.15) is 6.04 Å². The van der Waals surface area contributed by atoms with Crippen molar-refractivity contribution in [3.05, 3.63) is 77.5 Å². The second-order valence-electron chi connectivity index (χ2n) is 6.75. The monoisotopic (exact) mass is 376 g/mol. The van der Waals surface area contributed by atoms with Crippen LogP contribution in [0.15, 0.2) is 59.0 Å². The number of hydrogen-bond donors (Lipinski definition) is 1. The van der Waals surface area contributed by atoms with Gasteiger partial charge < -0.3 is 14.6 Å². The van der Waals surface area contributed by atoms with E-state index in [0.717, 1.165) is 16.8 Å². The van der Waals surface area contributed by atoms with E-state index < -0.39 is 11.9 Å². The van der Waals surface area contributed by atoms with Crippen molar-refractivity contribution >= 4 is 17.5 Å². The van der Waals surface area contributed by atoms with Crippen molar-refractivity contribution < 1.29 is 14.0 Å². The molecule has 1 aliphatic heterocycles. The van der Waals surface area contributed by atoms with Gasteiger partial charge >= 0.3 is 11.8 Å². The number of anilines is 1. The first kappa shape index (κ1) is 17.9. The van der Waals surface area contributed by atoms with Gasteiger partial charge in [-0.3, -0.25) is 9.59 Å². The standard InChI is InChI=1S/C21H20N4O3/c1-25-17-10-6-5-9-15(17)11-12-16(21(25)27)22-19(26)20-24-23-18(28-20)13-14-7-3-2-4-8-14/h2-10,16H,11-13H2,1H3,(H,22,26)/t16-/m0/s1. The Bertz CT molecular complexity index is 1000. The van der Waals surface area contributed by atoms with E-state index >= 15 is 0 Å². The molecular formula is C21H20N4O3. The molecule has 2 amide bonds. The first-order valence-electron chi connectivity index (χ1n) is 9.14.